The second kappa shape index (κ2) is 5.66. The number of fused-ring (bicyclic) bond motifs is 1. The maximum Gasteiger partial charge on any atom is 0.246 e. The molecule has 0 aliphatic carbocycles. The van der Waals surface area contributed by atoms with Crippen LogP contribution in [0.25, 0.3) is 11.0 Å². The molecule has 2 atom stereocenters. The molecule has 1 saturated heterocycles. The van der Waals surface area contributed by atoms with Crippen LogP contribution in [0.3, 0.4) is 0 Å². The van der Waals surface area contributed by atoms with Crippen molar-refractivity contribution in [3.63, 3.8) is 0 Å². The van der Waals surface area contributed by atoms with Crippen LogP contribution >= 0.6 is 0 Å². The Hall–Kier alpha value is -1.99. The van der Waals surface area contributed by atoms with Crippen molar-refractivity contribution < 1.29 is 15.0 Å². The van der Waals surface area contributed by atoms with Gasteiger partial charge in [-0.1, -0.05) is 19.1 Å². The van der Waals surface area contributed by atoms with Gasteiger partial charge in [0.1, 0.15) is 23.7 Å². The van der Waals surface area contributed by atoms with Gasteiger partial charge < -0.3 is 15.1 Å². The lowest BCUT2D eigenvalue weighted by Crippen LogP contribution is -2.57. The van der Waals surface area contributed by atoms with Gasteiger partial charge in [0.25, 0.3) is 0 Å². The van der Waals surface area contributed by atoms with Crippen LogP contribution in [-0.2, 0) is 11.3 Å². The van der Waals surface area contributed by atoms with Gasteiger partial charge in [-0.15, -0.1) is 0 Å². The Bertz CT molecular complexity index is 653. The molecule has 1 fully saturated rings. The zero-order valence-corrected chi connectivity index (χ0v) is 12.5. The summed E-state index contributed by atoms with van der Waals surface area (Å²) in [6.07, 6.45) is -0.0624. The van der Waals surface area contributed by atoms with Crippen LogP contribution in [0.2, 0.25) is 0 Å². The number of rotatable bonds is 3. The molecule has 22 heavy (non-hydrogen) atoms. The number of carbonyl (C=O) groups is 1. The van der Waals surface area contributed by atoms with Gasteiger partial charge in [0.2, 0.25) is 5.91 Å². The third-order valence-corrected chi connectivity index (χ3v) is 4.40. The molecule has 0 saturated carbocycles. The van der Waals surface area contributed by atoms with Crippen molar-refractivity contribution in [1.29, 1.82) is 0 Å². The highest BCUT2D eigenvalue weighted by Crippen LogP contribution is 2.25. The third-order valence-electron chi connectivity index (χ3n) is 4.40. The van der Waals surface area contributed by atoms with Crippen LogP contribution in [0.15, 0.2) is 24.3 Å². The molecule has 2 N–H and O–H groups in total. The maximum atomic E-state index is 12.3. The summed E-state index contributed by atoms with van der Waals surface area (Å²) in [5.41, 5.74) is 0.402. The fourth-order valence-corrected chi connectivity index (χ4v) is 2.80. The Labute approximate surface area is 128 Å². The summed E-state index contributed by atoms with van der Waals surface area (Å²) in [6.45, 7) is 2.44. The molecule has 1 aliphatic rings. The molecular formula is C15H20N4O3. The lowest BCUT2D eigenvalue weighted by atomic mass is 9.86. The molecule has 0 unspecified atom stereocenters. The minimum Gasteiger partial charge on any atom is -0.388 e. The fourth-order valence-electron chi connectivity index (χ4n) is 2.80. The Kier molecular flexibility index (Phi) is 3.84. The van der Waals surface area contributed by atoms with Crippen molar-refractivity contribution in [2.24, 2.45) is 0 Å². The van der Waals surface area contributed by atoms with Gasteiger partial charge in [0, 0.05) is 13.1 Å². The normalized spacial score (nSPS) is 25.6. The predicted molar refractivity (Wildman–Crippen MR) is 80.0 cm³/mol. The van der Waals surface area contributed by atoms with E-state index in [2.05, 4.69) is 10.2 Å². The number of aromatic nitrogens is 3. The first-order chi connectivity index (χ1) is 10.5. The van der Waals surface area contributed by atoms with E-state index in [1.807, 2.05) is 31.2 Å². The number of β-amino-alcohol motifs (C(OH)–C–C–N with tert-alkyl or cyclic N) is 1. The van der Waals surface area contributed by atoms with Crippen LogP contribution < -0.4 is 0 Å². The number of carbonyl (C=O) groups excluding carboxylic acids is 1. The molecule has 1 aromatic heterocycles. The van der Waals surface area contributed by atoms with Crippen LogP contribution in [0.5, 0.6) is 0 Å². The summed E-state index contributed by atoms with van der Waals surface area (Å²) in [6, 6.07) is 7.43. The largest absolute Gasteiger partial charge is 0.388 e. The standard InChI is InChI=1S/C15H20N4O3/c1-2-15(22)7-8-18(9-13(15)20)14(21)10-19-16-11-5-3-4-6-12(11)17-19/h3-6,13,20,22H,2,7-10H2,1H3/t13-,15-/m1/s1. The molecule has 2 aromatic rings. The highest BCUT2D eigenvalue weighted by atomic mass is 16.3. The molecule has 0 bridgehead atoms. The molecule has 7 heteroatoms. The topological polar surface area (TPSA) is 91.5 Å². The van der Waals surface area contributed by atoms with Crippen molar-refractivity contribution in [2.45, 2.75) is 38.0 Å². The number of hydrogen-bond donors (Lipinski definition) is 2. The monoisotopic (exact) mass is 304 g/mol. The minimum atomic E-state index is -1.09. The first-order valence-corrected chi connectivity index (χ1v) is 7.50. The van der Waals surface area contributed by atoms with E-state index in [4.69, 9.17) is 0 Å². The summed E-state index contributed by atoms with van der Waals surface area (Å²) in [4.78, 5) is 15.3. The van der Waals surface area contributed by atoms with Gasteiger partial charge in [-0.2, -0.15) is 15.0 Å². The van der Waals surface area contributed by atoms with Gasteiger partial charge in [-0.05, 0) is 25.0 Å². The number of aliphatic hydroxyl groups excluding tert-OH is 1. The molecule has 118 valence electrons. The van der Waals surface area contributed by atoms with E-state index in [-0.39, 0.29) is 19.0 Å². The summed E-state index contributed by atoms with van der Waals surface area (Å²) in [7, 11) is 0. The molecular weight excluding hydrogens is 284 g/mol. The summed E-state index contributed by atoms with van der Waals surface area (Å²) in [5, 5.41) is 28.8. The average molecular weight is 304 g/mol. The fraction of sp³-hybridized carbons (Fsp3) is 0.533. The lowest BCUT2D eigenvalue weighted by molar-refractivity contribution is -0.150. The summed E-state index contributed by atoms with van der Waals surface area (Å²) in [5.74, 6) is -0.155. The van der Waals surface area contributed by atoms with E-state index in [1.54, 1.807) is 4.90 Å². The molecule has 2 heterocycles. The van der Waals surface area contributed by atoms with Crippen molar-refractivity contribution in [3.8, 4) is 0 Å². The van der Waals surface area contributed by atoms with Crippen LogP contribution in [0.4, 0.5) is 0 Å². The van der Waals surface area contributed by atoms with Crippen molar-refractivity contribution in [1.82, 2.24) is 19.9 Å². The zero-order valence-electron chi connectivity index (χ0n) is 12.5. The third kappa shape index (κ3) is 2.69. The summed E-state index contributed by atoms with van der Waals surface area (Å²) < 4.78 is 0. The Balaban J connectivity index is 1.67. The Morgan fingerprint density at radius 2 is 2.00 bits per heavy atom. The number of nitrogens with zero attached hydrogens (tertiary/aromatic N) is 4. The van der Waals surface area contributed by atoms with Crippen molar-refractivity contribution in [3.05, 3.63) is 24.3 Å². The minimum absolute atomic E-state index is 0.0337. The van der Waals surface area contributed by atoms with E-state index in [9.17, 15) is 15.0 Å². The van der Waals surface area contributed by atoms with Crippen LogP contribution in [0, 0.1) is 0 Å². The molecule has 1 amide bonds. The smallest absolute Gasteiger partial charge is 0.246 e. The number of aliphatic hydroxyl groups is 2. The van der Waals surface area contributed by atoms with Crippen molar-refractivity contribution in [2.75, 3.05) is 13.1 Å². The predicted octanol–water partition coefficient (Wildman–Crippen LogP) is 0.166. The highest BCUT2D eigenvalue weighted by Gasteiger charge is 2.40. The molecule has 1 aromatic carbocycles. The van der Waals surface area contributed by atoms with E-state index in [0.29, 0.717) is 19.4 Å². The first-order valence-electron chi connectivity index (χ1n) is 7.50. The lowest BCUT2D eigenvalue weighted by Gasteiger charge is -2.41. The average Bonchev–Trinajstić information content (AvgIpc) is 2.92. The Morgan fingerprint density at radius 3 is 2.55 bits per heavy atom. The second-order valence-corrected chi connectivity index (χ2v) is 5.78. The Morgan fingerprint density at radius 1 is 1.36 bits per heavy atom. The van der Waals surface area contributed by atoms with Gasteiger partial charge >= 0.3 is 0 Å². The highest BCUT2D eigenvalue weighted by molar-refractivity contribution is 5.77. The SMILES string of the molecule is CC[C@@]1(O)CCN(C(=O)Cn2nc3ccccc3n2)C[C@H]1O. The number of likely N-dealkylation sites (tertiary alicyclic amines) is 1. The first kappa shape index (κ1) is 14.9. The molecule has 1 aliphatic heterocycles. The molecule has 0 spiro atoms. The van der Waals surface area contributed by atoms with Crippen molar-refractivity contribution >= 4 is 16.9 Å². The maximum absolute atomic E-state index is 12.3. The van der Waals surface area contributed by atoms with Gasteiger partial charge in [-0.25, -0.2) is 0 Å². The summed E-state index contributed by atoms with van der Waals surface area (Å²) >= 11 is 0. The van der Waals surface area contributed by atoms with E-state index < -0.39 is 11.7 Å². The molecule has 0 radical (unpaired) electrons. The molecule has 7 nitrogen and oxygen atoms in total. The zero-order chi connectivity index (χ0) is 15.7. The van der Waals surface area contributed by atoms with E-state index >= 15 is 0 Å². The van der Waals surface area contributed by atoms with E-state index in [1.165, 1.54) is 4.80 Å². The van der Waals surface area contributed by atoms with E-state index in [0.717, 1.165) is 11.0 Å². The van der Waals surface area contributed by atoms with Gasteiger partial charge in [-0.3, -0.25) is 4.79 Å². The van der Waals surface area contributed by atoms with Crippen LogP contribution in [0.1, 0.15) is 19.8 Å². The second-order valence-electron chi connectivity index (χ2n) is 5.78. The number of piperidine rings is 1. The number of hydrogen-bond acceptors (Lipinski definition) is 5. The van der Waals surface area contributed by atoms with Gasteiger partial charge in [0.05, 0.1) is 5.60 Å². The molecule has 3 rings (SSSR count). The van der Waals surface area contributed by atoms with Crippen LogP contribution in [-0.4, -0.2) is 60.8 Å². The quantitative estimate of drug-likeness (QED) is 0.843. The number of benzene rings is 1. The van der Waals surface area contributed by atoms with Gasteiger partial charge in [0.15, 0.2) is 0 Å². The number of amides is 1.